The maximum absolute atomic E-state index is 13.6. The van der Waals surface area contributed by atoms with Crippen LogP contribution in [0.2, 0.25) is 0 Å². The lowest BCUT2D eigenvalue weighted by Crippen LogP contribution is -2.45. The molecule has 0 spiro atoms. The van der Waals surface area contributed by atoms with Gasteiger partial charge in [-0.25, -0.2) is 14.8 Å². The molecule has 1 aliphatic rings. The highest BCUT2D eigenvalue weighted by atomic mass is 19.4. The number of fused-ring (bicyclic) bond motifs is 1. The van der Waals surface area contributed by atoms with Gasteiger partial charge in [0.15, 0.2) is 0 Å². The molecule has 0 fully saturated rings. The number of carbonyl (C=O) groups is 1. The molecule has 16 heteroatoms. The Morgan fingerprint density at radius 1 is 0.933 bits per heavy atom. The molecule has 2 atom stereocenters. The van der Waals surface area contributed by atoms with Crippen molar-refractivity contribution in [2.75, 3.05) is 22.1 Å². The SMILES string of the molecule is CCCNc1cnc(N[C@H]2C[C@@H](CC)N(C(=O)O)c3ccc(C(F)(F)F)cc32)nc1Cc1cc(C(F)(F)F)cc(C(F)(F)F)c1. The first-order valence-electron chi connectivity index (χ1n) is 13.8. The highest BCUT2D eigenvalue weighted by Crippen LogP contribution is 2.43. The fraction of sp³-hybridized carbons (Fsp3) is 0.414. The second-order valence-corrected chi connectivity index (χ2v) is 10.5. The van der Waals surface area contributed by atoms with Crippen molar-refractivity contribution in [2.45, 2.75) is 70.1 Å². The second kappa shape index (κ2) is 12.6. The summed E-state index contributed by atoms with van der Waals surface area (Å²) in [5.74, 6) is -0.165. The van der Waals surface area contributed by atoms with Gasteiger partial charge in [0.05, 0.1) is 46.0 Å². The largest absolute Gasteiger partial charge is 0.465 e. The van der Waals surface area contributed by atoms with Crippen molar-refractivity contribution >= 4 is 23.4 Å². The summed E-state index contributed by atoms with van der Waals surface area (Å²) < 4.78 is 122. The third-order valence-corrected chi connectivity index (χ3v) is 7.30. The number of nitrogens with zero attached hydrogens (tertiary/aromatic N) is 3. The van der Waals surface area contributed by atoms with Crippen LogP contribution in [-0.2, 0) is 24.9 Å². The first kappa shape index (κ1) is 33.6. The number of benzene rings is 2. The summed E-state index contributed by atoms with van der Waals surface area (Å²) in [6, 6.07) is 2.32. The second-order valence-electron chi connectivity index (χ2n) is 10.5. The molecule has 4 rings (SSSR count). The van der Waals surface area contributed by atoms with Gasteiger partial charge in [-0.3, -0.25) is 4.90 Å². The van der Waals surface area contributed by atoms with Crippen LogP contribution in [0.4, 0.5) is 61.6 Å². The zero-order valence-corrected chi connectivity index (χ0v) is 23.8. The average molecular weight is 650 g/mol. The van der Waals surface area contributed by atoms with Gasteiger partial charge in [0, 0.05) is 19.0 Å². The molecule has 0 aliphatic carbocycles. The van der Waals surface area contributed by atoms with Gasteiger partial charge in [-0.1, -0.05) is 13.8 Å². The van der Waals surface area contributed by atoms with Crippen LogP contribution >= 0.6 is 0 Å². The van der Waals surface area contributed by atoms with Gasteiger partial charge >= 0.3 is 24.6 Å². The van der Waals surface area contributed by atoms with Gasteiger partial charge in [-0.15, -0.1) is 0 Å². The van der Waals surface area contributed by atoms with Crippen LogP contribution in [0.1, 0.15) is 72.7 Å². The Morgan fingerprint density at radius 2 is 1.56 bits per heavy atom. The Balaban J connectivity index is 1.77. The van der Waals surface area contributed by atoms with Crippen LogP contribution in [0.25, 0.3) is 0 Å². The summed E-state index contributed by atoms with van der Waals surface area (Å²) >= 11 is 0. The predicted octanol–water partition coefficient (Wildman–Crippen LogP) is 8.77. The van der Waals surface area contributed by atoms with Gasteiger partial charge in [0.25, 0.3) is 0 Å². The fourth-order valence-electron chi connectivity index (χ4n) is 5.17. The number of halogens is 9. The molecule has 0 saturated carbocycles. The van der Waals surface area contributed by atoms with Crippen LogP contribution in [0.3, 0.4) is 0 Å². The highest BCUT2D eigenvalue weighted by molar-refractivity contribution is 5.89. The zero-order valence-electron chi connectivity index (χ0n) is 23.8. The third kappa shape index (κ3) is 7.71. The Morgan fingerprint density at radius 3 is 2.09 bits per heavy atom. The quantitative estimate of drug-likeness (QED) is 0.212. The van der Waals surface area contributed by atoms with E-state index in [0.29, 0.717) is 31.5 Å². The van der Waals surface area contributed by atoms with Crippen LogP contribution in [0.15, 0.2) is 42.6 Å². The van der Waals surface area contributed by atoms with Crippen molar-refractivity contribution in [3.8, 4) is 0 Å². The Bertz CT molecular complexity index is 1510. The van der Waals surface area contributed by atoms with Crippen LogP contribution in [-0.4, -0.2) is 33.8 Å². The third-order valence-electron chi connectivity index (χ3n) is 7.30. The smallest absolute Gasteiger partial charge is 0.416 e. The zero-order chi connectivity index (χ0) is 33.3. The van der Waals surface area contributed by atoms with Crippen LogP contribution < -0.4 is 15.5 Å². The molecule has 0 unspecified atom stereocenters. The summed E-state index contributed by atoms with van der Waals surface area (Å²) in [6.45, 7) is 3.91. The molecule has 244 valence electrons. The maximum atomic E-state index is 13.6. The average Bonchev–Trinajstić information content (AvgIpc) is 2.94. The summed E-state index contributed by atoms with van der Waals surface area (Å²) in [6.07, 6.45) is -14.4. The van der Waals surface area contributed by atoms with Gasteiger partial charge in [0.1, 0.15) is 0 Å². The summed E-state index contributed by atoms with van der Waals surface area (Å²) in [5, 5.41) is 15.7. The molecule has 0 bridgehead atoms. The number of alkyl halides is 9. The van der Waals surface area contributed by atoms with Gasteiger partial charge < -0.3 is 15.7 Å². The molecule has 1 aromatic heterocycles. The molecule has 0 radical (unpaired) electrons. The van der Waals surface area contributed by atoms with E-state index in [0.717, 1.165) is 23.1 Å². The van der Waals surface area contributed by atoms with Gasteiger partial charge in [0.2, 0.25) is 5.95 Å². The minimum Gasteiger partial charge on any atom is -0.465 e. The van der Waals surface area contributed by atoms with Crippen molar-refractivity contribution < 1.29 is 49.4 Å². The molecule has 0 saturated heterocycles. The van der Waals surface area contributed by atoms with Gasteiger partial charge in [-0.2, -0.15) is 39.5 Å². The lowest BCUT2D eigenvalue weighted by Gasteiger charge is -2.39. The molecule has 2 heterocycles. The van der Waals surface area contributed by atoms with E-state index in [1.807, 2.05) is 6.92 Å². The van der Waals surface area contributed by atoms with Crippen LogP contribution in [0, 0.1) is 0 Å². The number of amides is 1. The standard InChI is InChI=1S/C29H28F9N5O2/c1-3-7-39-23-14-40-25(42-22(23)10-15-8-17(28(33,34)35)11-18(9-15)29(36,37)38)41-21-13-19(4-2)43(26(44)45)24-6-5-16(12-20(21)24)27(30,31)32/h5-6,8-9,11-12,14,19,21,39H,3-4,7,10,13H2,1-2H3,(H,44,45)(H,40,41,42)/t19-,21+/m1/s1. The molecular weight excluding hydrogens is 621 g/mol. The Kier molecular flexibility index (Phi) is 9.45. The van der Waals surface area contributed by atoms with Crippen LogP contribution in [0.5, 0.6) is 0 Å². The van der Waals surface area contributed by atoms with E-state index in [2.05, 4.69) is 20.6 Å². The molecule has 3 N–H and O–H groups in total. The number of rotatable bonds is 8. The summed E-state index contributed by atoms with van der Waals surface area (Å²) in [7, 11) is 0. The van der Waals surface area contributed by atoms with E-state index < -0.39 is 59.8 Å². The highest BCUT2D eigenvalue weighted by Gasteiger charge is 2.39. The number of carboxylic acid groups (broad SMARTS) is 1. The minimum absolute atomic E-state index is 0.00274. The van der Waals surface area contributed by atoms with E-state index >= 15 is 0 Å². The topological polar surface area (TPSA) is 90.4 Å². The number of hydrogen-bond acceptors (Lipinski definition) is 5. The van der Waals surface area contributed by atoms with Gasteiger partial charge in [-0.05, 0) is 66.8 Å². The molecule has 1 amide bonds. The van der Waals surface area contributed by atoms with Crippen molar-refractivity contribution in [3.05, 3.63) is 76.1 Å². The van der Waals surface area contributed by atoms with E-state index in [4.69, 9.17) is 0 Å². The first-order valence-corrected chi connectivity index (χ1v) is 13.8. The fourth-order valence-corrected chi connectivity index (χ4v) is 5.17. The maximum Gasteiger partial charge on any atom is 0.416 e. The molecule has 2 aromatic carbocycles. The monoisotopic (exact) mass is 649 g/mol. The minimum atomic E-state index is -5.05. The van der Waals surface area contributed by atoms with E-state index in [1.54, 1.807) is 6.92 Å². The lowest BCUT2D eigenvalue weighted by atomic mass is 9.89. The Labute approximate surface area is 251 Å². The molecular formula is C29H28F9N5O2. The molecule has 45 heavy (non-hydrogen) atoms. The first-order chi connectivity index (χ1) is 20.9. The van der Waals surface area contributed by atoms with E-state index in [9.17, 15) is 49.4 Å². The number of anilines is 3. The number of nitrogens with one attached hydrogen (secondary N) is 2. The predicted molar refractivity (Wildman–Crippen MR) is 147 cm³/mol. The number of hydrogen-bond donors (Lipinski definition) is 3. The van der Waals surface area contributed by atoms with Crippen molar-refractivity contribution in [2.24, 2.45) is 0 Å². The summed E-state index contributed by atoms with van der Waals surface area (Å²) in [4.78, 5) is 21.6. The number of aromatic nitrogens is 2. The Hall–Kier alpha value is -4.24. The lowest BCUT2D eigenvalue weighted by molar-refractivity contribution is -0.143. The van der Waals surface area contributed by atoms with Crippen molar-refractivity contribution in [1.82, 2.24) is 9.97 Å². The molecule has 1 aliphatic heterocycles. The van der Waals surface area contributed by atoms with Crippen molar-refractivity contribution in [3.63, 3.8) is 0 Å². The summed E-state index contributed by atoms with van der Waals surface area (Å²) in [5.41, 5.74) is -4.03. The van der Waals surface area contributed by atoms with Crippen molar-refractivity contribution in [1.29, 1.82) is 0 Å². The molecule has 7 nitrogen and oxygen atoms in total. The van der Waals surface area contributed by atoms with E-state index in [-0.39, 0.29) is 46.6 Å². The molecule has 3 aromatic rings. The normalized spacial score (nSPS) is 17.2. The van der Waals surface area contributed by atoms with E-state index in [1.165, 1.54) is 6.20 Å².